The maximum absolute atomic E-state index is 13.3. The van der Waals surface area contributed by atoms with Crippen LogP contribution in [0.25, 0.3) is 0 Å². The average Bonchev–Trinajstić information content (AvgIpc) is 3.22. The minimum absolute atomic E-state index is 0.132. The highest BCUT2D eigenvalue weighted by Crippen LogP contribution is 2.65. The molecule has 4 aliphatic rings. The summed E-state index contributed by atoms with van der Waals surface area (Å²) < 4.78 is 33.7. The molecule has 12 nitrogen and oxygen atoms in total. The first kappa shape index (κ1) is 31.8. The first-order chi connectivity index (χ1) is 20.3. The van der Waals surface area contributed by atoms with Crippen LogP contribution in [0.5, 0.6) is 11.5 Å². The van der Waals surface area contributed by atoms with Gasteiger partial charge in [0.2, 0.25) is 6.10 Å². The number of carbonyl (C=O) groups is 4. The van der Waals surface area contributed by atoms with E-state index in [1.54, 1.807) is 53.7 Å². The maximum Gasteiger partial charge on any atom is 0.514 e. The van der Waals surface area contributed by atoms with Gasteiger partial charge >= 0.3 is 24.1 Å². The molecule has 240 valence electrons. The fourth-order valence-electron chi connectivity index (χ4n) is 6.93. The summed E-state index contributed by atoms with van der Waals surface area (Å²) in [5.41, 5.74) is -2.28. The number of nitrogens with zero attached hydrogens (tertiary/aromatic N) is 1. The first-order valence-electron chi connectivity index (χ1n) is 14.8. The second-order valence-corrected chi connectivity index (χ2v) is 14.0. The molecule has 2 heterocycles. The first-order valence-corrected chi connectivity index (χ1v) is 14.8. The quantitative estimate of drug-likeness (QED) is 0.284. The molecule has 2 aliphatic heterocycles. The van der Waals surface area contributed by atoms with Crippen LogP contribution in [-0.4, -0.2) is 82.7 Å². The van der Waals surface area contributed by atoms with E-state index in [4.69, 9.17) is 28.4 Å². The highest BCUT2D eigenvalue weighted by atomic mass is 16.7. The summed E-state index contributed by atoms with van der Waals surface area (Å²) in [6, 6.07) is 3.27. The molecular formula is C32H41NO11. The fourth-order valence-corrected chi connectivity index (χ4v) is 6.93. The number of ether oxygens (including phenoxy) is 6. The van der Waals surface area contributed by atoms with Crippen LogP contribution in [0.2, 0.25) is 0 Å². The number of hydrogen-bond donors (Lipinski definition) is 1. The molecule has 1 aromatic rings. The van der Waals surface area contributed by atoms with Gasteiger partial charge in [0, 0.05) is 24.9 Å². The summed E-state index contributed by atoms with van der Waals surface area (Å²) in [6.07, 6.45) is -1.13. The number of aliphatic hydroxyl groups is 1. The van der Waals surface area contributed by atoms with Gasteiger partial charge in [-0.3, -0.25) is 9.59 Å². The molecule has 0 saturated carbocycles. The van der Waals surface area contributed by atoms with Gasteiger partial charge in [0.15, 0.2) is 17.6 Å². The zero-order valence-corrected chi connectivity index (χ0v) is 26.5. The van der Waals surface area contributed by atoms with Crippen molar-refractivity contribution < 1.29 is 52.7 Å². The lowest BCUT2D eigenvalue weighted by Gasteiger charge is -2.61. The lowest BCUT2D eigenvalue weighted by Crippen LogP contribution is -2.74. The monoisotopic (exact) mass is 615 g/mol. The Labute approximate surface area is 256 Å². The Morgan fingerprint density at radius 2 is 1.75 bits per heavy atom. The maximum atomic E-state index is 13.3. The van der Waals surface area contributed by atoms with Crippen molar-refractivity contribution in [1.29, 1.82) is 0 Å². The Morgan fingerprint density at radius 3 is 2.39 bits per heavy atom. The van der Waals surface area contributed by atoms with Gasteiger partial charge in [-0.2, -0.15) is 0 Å². The third kappa shape index (κ3) is 5.53. The van der Waals surface area contributed by atoms with Gasteiger partial charge in [0.1, 0.15) is 17.0 Å². The smallest absolute Gasteiger partial charge is 0.477 e. The molecule has 5 rings (SSSR count). The second-order valence-electron chi connectivity index (χ2n) is 14.0. The van der Waals surface area contributed by atoms with E-state index in [0.717, 1.165) is 18.1 Å². The third-order valence-corrected chi connectivity index (χ3v) is 8.48. The predicted molar refractivity (Wildman–Crippen MR) is 154 cm³/mol. The molecule has 0 radical (unpaired) electrons. The number of esters is 3. The molecule has 1 spiro atoms. The van der Waals surface area contributed by atoms with Crippen LogP contribution in [0, 0.1) is 0 Å². The van der Waals surface area contributed by atoms with Crippen LogP contribution < -0.4 is 9.47 Å². The number of carbonyl (C=O) groups excluding carboxylic acids is 4. The summed E-state index contributed by atoms with van der Waals surface area (Å²) in [4.78, 5) is 52.5. The van der Waals surface area contributed by atoms with Crippen molar-refractivity contribution in [2.24, 2.45) is 0 Å². The zero-order valence-electron chi connectivity index (χ0n) is 26.5. The number of likely N-dealkylation sites (tertiary alicyclic amines) is 1. The SMILES string of the molecule is CC(=O)O[C@@H](CC(=O)OC1=CC[C@@]2(O)[C@@H]3Cc4ccc(OC(=O)OC(C)(C)C)c5c4[C@@]2(CCN3C)[C@H]1O5)C(=O)OC(C)(C)C. The normalized spacial score (nSPS) is 27.6. The van der Waals surface area contributed by atoms with Crippen molar-refractivity contribution in [3.63, 3.8) is 0 Å². The van der Waals surface area contributed by atoms with Crippen molar-refractivity contribution in [3.05, 3.63) is 35.1 Å². The topological polar surface area (TPSA) is 147 Å². The zero-order chi connectivity index (χ0) is 32.4. The second kappa shape index (κ2) is 10.8. The van der Waals surface area contributed by atoms with Crippen molar-refractivity contribution >= 4 is 24.1 Å². The molecule has 1 fully saturated rings. The number of piperidine rings is 1. The Hall–Kier alpha value is -3.64. The highest BCUT2D eigenvalue weighted by Gasteiger charge is 2.72. The van der Waals surface area contributed by atoms with Gasteiger partial charge in [-0.05, 0) is 85.7 Å². The van der Waals surface area contributed by atoms with Gasteiger partial charge in [0.05, 0.1) is 17.4 Å². The van der Waals surface area contributed by atoms with E-state index >= 15 is 0 Å². The summed E-state index contributed by atoms with van der Waals surface area (Å²) in [5.74, 6) is -1.91. The summed E-state index contributed by atoms with van der Waals surface area (Å²) in [6.45, 7) is 11.9. The van der Waals surface area contributed by atoms with Crippen LogP contribution in [0.4, 0.5) is 4.79 Å². The van der Waals surface area contributed by atoms with Crippen LogP contribution >= 0.6 is 0 Å². The Kier molecular flexibility index (Phi) is 7.77. The van der Waals surface area contributed by atoms with E-state index in [1.165, 1.54) is 0 Å². The highest BCUT2D eigenvalue weighted by molar-refractivity contribution is 5.85. The van der Waals surface area contributed by atoms with Gasteiger partial charge in [-0.25, -0.2) is 9.59 Å². The van der Waals surface area contributed by atoms with E-state index in [1.807, 2.05) is 13.1 Å². The van der Waals surface area contributed by atoms with Crippen LogP contribution in [0.3, 0.4) is 0 Å². The van der Waals surface area contributed by atoms with Crippen LogP contribution in [0.1, 0.15) is 78.9 Å². The molecule has 1 N–H and O–H groups in total. The van der Waals surface area contributed by atoms with Gasteiger partial charge in [0.25, 0.3) is 0 Å². The number of benzene rings is 1. The van der Waals surface area contributed by atoms with E-state index in [9.17, 15) is 24.3 Å². The Morgan fingerprint density at radius 1 is 1.07 bits per heavy atom. The summed E-state index contributed by atoms with van der Waals surface area (Å²) in [7, 11) is 1.97. The Balaban J connectivity index is 1.48. The minimum Gasteiger partial charge on any atom is -0.477 e. The standard InChI is InChI=1S/C32H41NO11/c1-17(34)39-21(27(36)43-29(2,3)4)16-23(35)40-20-11-12-32(38)22-15-18-9-10-19(41-28(37)44-30(5,6)7)25-24(18)31(32,26(20)42-25)13-14-33(22)8/h9-11,21-22,26,38H,12-16H2,1-8H3/t21-,22-,26-,31-,32+/m0/s1. The number of rotatable bonds is 6. The predicted octanol–water partition coefficient (Wildman–Crippen LogP) is 3.48. The number of hydrogen-bond acceptors (Lipinski definition) is 12. The number of likely N-dealkylation sites (N-methyl/N-ethyl adjacent to an activating group) is 1. The van der Waals surface area contributed by atoms with Crippen molar-refractivity contribution in [2.45, 2.75) is 115 Å². The fraction of sp³-hybridized carbons (Fsp3) is 0.625. The van der Waals surface area contributed by atoms with Crippen LogP contribution in [0.15, 0.2) is 24.0 Å². The lowest BCUT2D eigenvalue weighted by atomic mass is 9.50. The lowest BCUT2D eigenvalue weighted by molar-refractivity contribution is -0.179. The third-order valence-electron chi connectivity index (χ3n) is 8.48. The van der Waals surface area contributed by atoms with Crippen LogP contribution in [-0.2, 0) is 45.2 Å². The average molecular weight is 616 g/mol. The van der Waals surface area contributed by atoms with Gasteiger partial charge in [-0.1, -0.05) is 6.07 Å². The largest absolute Gasteiger partial charge is 0.514 e. The van der Waals surface area contributed by atoms with Crippen molar-refractivity contribution in [2.75, 3.05) is 13.6 Å². The van der Waals surface area contributed by atoms with E-state index in [2.05, 4.69) is 4.90 Å². The molecule has 0 aromatic heterocycles. The molecule has 2 bridgehead atoms. The minimum atomic E-state index is -1.51. The van der Waals surface area contributed by atoms with Gasteiger partial charge in [-0.15, -0.1) is 0 Å². The van der Waals surface area contributed by atoms with E-state index in [-0.39, 0.29) is 29.7 Å². The molecule has 5 atom stereocenters. The van der Waals surface area contributed by atoms with E-state index in [0.29, 0.717) is 19.4 Å². The molecule has 0 amide bonds. The molecule has 44 heavy (non-hydrogen) atoms. The molecule has 1 saturated heterocycles. The molecular weight excluding hydrogens is 574 g/mol. The molecule has 1 aromatic carbocycles. The molecule has 2 aliphatic carbocycles. The molecule has 12 heteroatoms. The van der Waals surface area contributed by atoms with Crippen molar-refractivity contribution in [3.8, 4) is 11.5 Å². The Bertz CT molecular complexity index is 1420. The summed E-state index contributed by atoms with van der Waals surface area (Å²) in [5, 5.41) is 12.4. The molecule has 0 unspecified atom stereocenters. The van der Waals surface area contributed by atoms with E-state index < -0.39 is 64.9 Å². The summed E-state index contributed by atoms with van der Waals surface area (Å²) >= 11 is 0. The van der Waals surface area contributed by atoms with Gasteiger partial charge < -0.3 is 38.4 Å². The van der Waals surface area contributed by atoms with Crippen molar-refractivity contribution in [1.82, 2.24) is 4.90 Å².